The Morgan fingerprint density at radius 1 is 1.56 bits per heavy atom. The molecule has 0 radical (unpaired) electrons. The van der Waals surface area contributed by atoms with E-state index >= 15 is 0 Å². The van der Waals surface area contributed by atoms with Gasteiger partial charge in [0.15, 0.2) is 5.82 Å². The van der Waals surface area contributed by atoms with Crippen molar-refractivity contribution >= 4 is 39.3 Å². The molecule has 1 aliphatic heterocycles. The first kappa shape index (κ1) is 12.6. The molecule has 1 amide bonds. The van der Waals surface area contributed by atoms with Crippen LogP contribution in [-0.4, -0.2) is 23.5 Å². The quantitative estimate of drug-likeness (QED) is 0.641. The maximum Gasteiger partial charge on any atom is 0.333 e. The topological polar surface area (TPSA) is 80.3 Å². The van der Waals surface area contributed by atoms with Crippen molar-refractivity contribution in [3.63, 3.8) is 0 Å². The molecule has 2 heterocycles. The number of ether oxygens (including phenoxy) is 1. The zero-order chi connectivity index (χ0) is 13.1. The van der Waals surface area contributed by atoms with E-state index in [9.17, 15) is 9.59 Å². The fraction of sp³-hybridized carbons (Fsp3) is 0.182. The van der Waals surface area contributed by atoms with Crippen molar-refractivity contribution in [1.82, 2.24) is 4.98 Å². The van der Waals surface area contributed by atoms with Gasteiger partial charge in [-0.2, -0.15) is 0 Å². The minimum absolute atomic E-state index is 0.126. The number of nitrogens with zero attached hydrogens (tertiary/aromatic N) is 1. The average Bonchev–Trinajstić information content (AvgIpc) is 2.31. The Labute approximate surface area is 112 Å². The number of pyridine rings is 1. The second-order valence-corrected chi connectivity index (χ2v) is 4.35. The summed E-state index contributed by atoms with van der Waals surface area (Å²) in [4.78, 5) is 27.0. The van der Waals surface area contributed by atoms with Crippen molar-refractivity contribution in [2.24, 2.45) is 0 Å². The lowest BCUT2D eigenvalue weighted by Crippen LogP contribution is -2.27. The first-order chi connectivity index (χ1) is 8.60. The van der Waals surface area contributed by atoms with Crippen LogP contribution in [0.3, 0.4) is 0 Å². The van der Waals surface area contributed by atoms with E-state index in [1.807, 2.05) is 0 Å². The van der Waals surface area contributed by atoms with Gasteiger partial charge in [-0.3, -0.25) is 4.79 Å². The van der Waals surface area contributed by atoms with Crippen LogP contribution in [-0.2, 0) is 14.3 Å². The molecule has 1 aliphatic rings. The summed E-state index contributed by atoms with van der Waals surface area (Å²) in [5, 5.41) is 5.41. The molecule has 0 aromatic carbocycles. The van der Waals surface area contributed by atoms with Gasteiger partial charge in [0.1, 0.15) is 5.70 Å². The lowest BCUT2D eigenvalue weighted by Gasteiger charge is -2.19. The zero-order valence-corrected chi connectivity index (χ0v) is 11.1. The predicted molar refractivity (Wildman–Crippen MR) is 68.9 cm³/mol. The Morgan fingerprint density at radius 3 is 3.06 bits per heavy atom. The Hall–Kier alpha value is -1.89. The number of rotatable bonds is 2. The molecule has 0 spiro atoms. The summed E-state index contributed by atoms with van der Waals surface area (Å²) in [6, 6.07) is 1.75. The summed E-state index contributed by atoms with van der Waals surface area (Å²) in [5.41, 5.74) is 0.736. The van der Waals surface area contributed by atoms with Crippen molar-refractivity contribution in [2.75, 3.05) is 17.2 Å². The fourth-order valence-corrected chi connectivity index (χ4v) is 1.75. The number of halogens is 1. The van der Waals surface area contributed by atoms with E-state index in [0.29, 0.717) is 11.5 Å². The van der Waals surface area contributed by atoms with Gasteiger partial charge in [0.2, 0.25) is 0 Å². The molecule has 2 rings (SSSR count). The van der Waals surface area contributed by atoms with Crippen LogP contribution in [0.2, 0.25) is 0 Å². The van der Waals surface area contributed by atoms with Gasteiger partial charge in [0.25, 0.3) is 5.91 Å². The van der Waals surface area contributed by atoms with Crippen LogP contribution in [0.25, 0.3) is 0 Å². The van der Waals surface area contributed by atoms with Gasteiger partial charge >= 0.3 is 5.97 Å². The summed E-state index contributed by atoms with van der Waals surface area (Å²) in [7, 11) is 0. The highest BCUT2D eigenvalue weighted by atomic mass is 79.9. The van der Waals surface area contributed by atoms with Gasteiger partial charge in [-0.05, 0) is 28.9 Å². The summed E-state index contributed by atoms with van der Waals surface area (Å²) in [6.07, 6.45) is 2.68. The molecule has 0 unspecified atom stereocenters. The van der Waals surface area contributed by atoms with Crippen LogP contribution < -0.4 is 10.6 Å². The molecule has 0 bridgehead atoms. The summed E-state index contributed by atoms with van der Waals surface area (Å²) < 4.78 is 5.51. The second-order valence-electron chi connectivity index (χ2n) is 3.44. The molecule has 6 nitrogen and oxygen atoms in total. The van der Waals surface area contributed by atoms with E-state index in [0.717, 1.165) is 10.5 Å². The van der Waals surface area contributed by atoms with E-state index in [1.54, 1.807) is 19.2 Å². The molecule has 0 saturated carbocycles. The van der Waals surface area contributed by atoms with Crippen LogP contribution >= 0.6 is 15.9 Å². The Bertz CT molecular complexity index is 542. The van der Waals surface area contributed by atoms with Crippen LogP contribution in [0.5, 0.6) is 0 Å². The molecule has 0 fully saturated rings. The summed E-state index contributed by atoms with van der Waals surface area (Å²) in [6.45, 7) is 1.95. The molecule has 18 heavy (non-hydrogen) atoms. The minimum atomic E-state index is -0.568. The van der Waals surface area contributed by atoms with Crippen LogP contribution in [0.1, 0.15) is 6.92 Å². The van der Waals surface area contributed by atoms with Gasteiger partial charge in [-0.1, -0.05) is 0 Å². The number of nitrogens with one attached hydrogen (secondary N) is 2. The third-order valence-electron chi connectivity index (χ3n) is 2.15. The molecular formula is C11H10BrN3O3. The highest BCUT2D eigenvalue weighted by Crippen LogP contribution is 2.28. The van der Waals surface area contributed by atoms with E-state index in [-0.39, 0.29) is 12.3 Å². The largest absolute Gasteiger partial charge is 0.463 e. The number of carbonyl (C=O) groups excluding carboxylic acids is 2. The van der Waals surface area contributed by atoms with Crippen molar-refractivity contribution in [3.05, 3.63) is 28.5 Å². The van der Waals surface area contributed by atoms with Gasteiger partial charge < -0.3 is 15.4 Å². The molecule has 0 atom stereocenters. The minimum Gasteiger partial charge on any atom is -0.463 e. The molecule has 7 heteroatoms. The Kier molecular flexibility index (Phi) is 3.61. The van der Waals surface area contributed by atoms with E-state index in [1.165, 1.54) is 0 Å². The van der Waals surface area contributed by atoms with Crippen molar-refractivity contribution in [1.29, 1.82) is 0 Å². The SMILES string of the molecule is CCOC(=O)/C=C1\Nc2cc(Br)cnc2NC1=O. The summed E-state index contributed by atoms with van der Waals surface area (Å²) in [5.74, 6) is -0.573. The Balaban J connectivity index is 2.27. The lowest BCUT2D eigenvalue weighted by molar-refractivity contribution is -0.137. The third-order valence-corrected chi connectivity index (χ3v) is 2.58. The number of hydrogen-bond donors (Lipinski definition) is 2. The van der Waals surface area contributed by atoms with Crippen LogP contribution in [0.4, 0.5) is 11.5 Å². The third kappa shape index (κ3) is 2.67. The molecule has 2 N–H and O–H groups in total. The first-order valence-corrected chi connectivity index (χ1v) is 6.02. The summed E-state index contributed by atoms with van der Waals surface area (Å²) >= 11 is 3.27. The highest BCUT2D eigenvalue weighted by Gasteiger charge is 2.21. The van der Waals surface area contributed by atoms with Crippen molar-refractivity contribution in [3.8, 4) is 0 Å². The zero-order valence-electron chi connectivity index (χ0n) is 9.49. The smallest absolute Gasteiger partial charge is 0.333 e. The maximum atomic E-state index is 11.7. The van der Waals surface area contributed by atoms with Crippen LogP contribution in [0, 0.1) is 0 Å². The number of aromatic nitrogens is 1. The molecule has 1 aromatic heterocycles. The van der Waals surface area contributed by atoms with Crippen molar-refractivity contribution < 1.29 is 14.3 Å². The number of amides is 1. The standard InChI is InChI=1S/C11H10BrN3O3/c1-2-18-9(16)4-8-11(17)15-10-7(14-8)3-6(12)5-13-10/h3-5,14H,2H2,1H3,(H,13,15,17)/b8-4-. The number of esters is 1. The monoisotopic (exact) mass is 311 g/mol. The van der Waals surface area contributed by atoms with Crippen LogP contribution in [0.15, 0.2) is 28.5 Å². The average molecular weight is 312 g/mol. The fourth-order valence-electron chi connectivity index (χ4n) is 1.41. The van der Waals surface area contributed by atoms with E-state index < -0.39 is 11.9 Å². The molecular weight excluding hydrogens is 302 g/mol. The molecule has 0 aliphatic carbocycles. The lowest BCUT2D eigenvalue weighted by atomic mass is 10.2. The number of fused-ring (bicyclic) bond motifs is 1. The Morgan fingerprint density at radius 2 is 2.33 bits per heavy atom. The number of hydrogen-bond acceptors (Lipinski definition) is 5. The molecule has 1 aromatic rings. The van der Waals surface area contributed by atoms with Gasteiger partial charge in [-0.25, -0.2) is 9.78 Å². The van der Waals surface area contributed by atoms with E-state index in [2.05, 4.69) is 31.5 Å². The maximum absolute atomic E-state index is 11.7. The number of anilines is 2. The van der Waals surface area contributed by atoms with E-state index in [4.69, 9.17) is 4.74 Å². The highest BCUT2D eigenvalue weighted by molar-refractivity contribution is 9.10. The predicted octanol–water partition coefficient (Wildman–Crippen LogP) is 1.66. The second kappa shape index (κ2) is 5.18. The molecule has 94 valence electrons. The normalized spacial score (nSPS) is 15.7. The van der Waals surface area contributed by atoms with Gasteiger partial charge in [0.05, 0.1) is 18.4 Å². The number of carbonyl (C=O) groups is 2. The first-order valence-electron chi connectivity index (χ1n) is 5.22. The van der Waals surface area contributed by atoms with Gasteiger partial charge in [-0.15, -0.1) is 0 Å². The van der Waals surface area contributed by atoms with Crippen molar-refractivity contribution in [2.45, 2.75) is 6.92 Å². The molecule has 0 saturated heterocycles. The van der Waals surface area contributed by atoms with Gasteiger partial charge in [0, 0.05) is 10.7 Å².